The summed E-state index contributed by atoms with van der Waals surface area (Å²) in [5.74, 6) is 0. The highest BCUT2D eigenvalue weighted by Crippen LogP contribution is 2.13. The molecule has 1 aromatic rings. The van der Waals surface area contributed by atoms with E-state index in [-0.39, 0.29) is 0 Å². The second kappa shape index (κ2) is 4.48. The van der Waals surface area contributed by atoms with E-state index in [1.54, 1.807) is 0 Å². The normalized spacial score (nSPS) is 15.4. The van der Waals surface area contributed by atoms with Crippen molar-refractivity contribution in [3.05, 3.63) is 53.2 Å². The lowest BCUT2D eigenvalue weighted by atomic mass is 10.0. The van der Waals surface area contributed by atoms with Gasteiger partial charge in [0.2, 0.25) is 0 Å². The second-order valence-corrected chi connectivity index (χ2v) is 4.38. The van der Waals surface area contributed by atoms with Crippen LogP contribution in [-0.4, -0.2) is 17.3 Å². The largest absolute Gasteiger partial charge is 0.205 e. The van der Waals surface area contributed by atoms with E-state index < -0.39 is 0 Å². The highest BCUT2D eigenvalue weighted by atomic mass is 15.0. The molecule has 0 atom stereocenters. The zero-order valence-corrected chi connectivity index (χ0v) is 10.2. The monoisotopic (exact) mass is 212 g/mol. The molecular weight excluding hydrogens is 194 g/mol. The van der Waals surface area contributed by atoms with Crippen LogP contribution in [0.15, 0.2) is 36.6 Å². The lowest BCUT2D eigenvalue weighted by molar-refractivity contribution is -0.418. The SMILES string of the molecule is Cc1ccc(C=CC2=[N+](C)C=CC2)c(C)c1. The maximum atomic E-state index is 2.22. The third kappa shape index (κ3) is 2.30. The van der Waals surface area contributed by atoms with Gasteiger partial charge in [0.25, 0.3) is 0 Å². The van der Waals surface area contributed by atoms with Crippen LogP contribution in [0.5, 0.6) is 0 Å². The summed E-state index contributed by atoms with van der Waals surface area (Å²) in [6.07, 6.45) is 9.74. The molecule has 1 aliphatic rings. The van der Waals surface area contributed by atoms with Gasteiger partial charge in [-0.3, -0.25) is 0 Å². The maximum Gasteiger partial charge on any atom is 0.185 e. The van der Waals surface area contributed by atoms with Gasteiger partial charge in [0, 0.05) is 6.08 Å². The Kier molecular flexibility index (Phi) is 3.04. The van der Waals surface area contributed by atoms with Gasteiger partial charge in [-0.05, 0) is 37.1 Å². The molecule has 0 aliphatic carbocycles. The van der Waals surface area contributed by atoms with Gasteiger partial charge in [-0.1, -0.05) is 23.8 Å². The number of aryl methyl sites for hydroxylation is 2. The molecule has 2 rings (SSSR count). The minimum absolute atomic E-state index is 1.04. The molecule has 0 N–H and O–H groups in total. The van der Waals surface area contributed by atoms with Crippen molar-refractivity contribution < 1.29 is 4.58 Å². The summed E-state index contributed by atoms with van der Waals surface area (Å²) in [7, 11) is 2.09. The topological polar surface area (TPSA) is 3.01 Å². The predicted molar refractivity (Wildman–Crippen MR) is 69.9 cm³/mol. The fourth-order valence-corrected chi connectivity index (χ4v) is 1.96. The molecule has 0 saturated heterocycles. The second-order valence-electron chi connectivity index (χ2n) is 4.38. The third-order valence-electron chi connectivity index (χ3n) is 2.99. The number of hydrogen-bond acceptors (Lipinski definition) is 0. The van der Waals surface area contributed by atoms with Gasteiger partial charge in [-0.25, -0.2) is 4.58 Å². The molecule has 1 heterocycles. The fourth-order valence-electron chi connectivity index (χ4n) is 1.96. The van der Waals surface area contributed by atoms with Gasteiger partial charge in [0.15, 0.2) is 11.9 Å². The van der Waals surface area contributed by atoms with Crippen molar-refractivity contribution in [1.29, 1.82) is 0 Å². The van der Waals surface area contributed by atoms with Gasteiger partial charge in [0.05, 0.1) is 6.42 Å². The Labute approximate surface area is 97.4 Å². The Morgan fingerprint density at radius 2 is 2.00 bits per heavy atom. The average Bonchev–Trinajstić information content (AvgIpc) is 2.63. The van der Waals surface area contributed by atoms with E-state index in [0.29, 0.717) is 0 Å². The fraction of sp³-hybridized carbons (Fsp3) is 0.267. The van der Waals surface area contributed by atoms with E-state index in [9.17, 15) is 0 Å². The van der Waals surface area contributed by atoms with Gasteiger partial charge >= 0.3 is 0 Å². The van der Waals surface area contributed by atoms with Crippen LogP contribution in [0.4, 0.5) is 0 Å². The van der Waals surface area contributed by atoms with E-state index in [1.165, 1.54) is 22.4 Å². The van der Waals surface area contributed by atoms with Crippen molar-refractivity contribution in [3.63, 3.8) is 0 Å². The lowest BCUT2D eigenvalue weighted by Gasteiger charge is -2.01. The van der Waals surface area contributed by atoms with Crippen LogP contribution >= 0.6 is 0 Å². The number of allylic oxidation sites excluding steroid dienone is 2. The molecule has 0 unspecified atom stereocenters. The third-order valence-corrected chi connectivity index (χ3v) is 2.99. The van der Waals surface area contributed by atoms with Gasteiger partial charge in [0.1, 0.15) is 7.05 Å². The highest BCUT2D eigenvalue weighted by Gasteiger charge is 2.09. The van der Waals surface area contributed by atoms with Crippen LogP contribution in [0.1, 0.15) is 23.1 Å². The summed E-state index contributed by atoms with van der Waals surface area (Å²) in [5.41, 5.74) is 5.31. The van der Waals surface area contributed by atoms with Gasteiger partial charge < -0.3 is 0 Å². The summed E-state index contributed by atoms with van der Waals surface area (Å²) in [4.78, 5) is 0. The Hall–Kier alpha value is -1.63. The Bertz CT molecular complexity index is 490. The van der Waals surface area contributed by atoms with E-state index in [0.717, 1.165) is 6.42 Å². The molecule has 0 amide bonds. The van der Waals surface area contributed by atoms with Crippen molar-refractivity contribution in [2.45, 2.75) is 20.3 Å². The molecule has 1 nitrogen and oxygen atoms in total. The number of nitrogens with zero attached hydrogens (tertiary/aromatic N) is 1. The van der Waals surface area contributed by atoms with Gasteiger partial charge in [-0.2, -0.15) is 0 Å². The maximum absolute atomic E-state index is 2.22. The Morgan fingerprint density at radius 3 is 2.62 bits per heavy atom. The smallest absolute Gasteiger partial charge is 0.185 e. The van der Waals surface area contributed by atoms with Gasteiger partial charge in [-0.15, -0.1) is 0 Å². The van der Waals surface area contributed by atoms with Crippen molar-refractivity contribution in [2.24, 2.45) is 0 Å². The van der Waals surface area contributed by atoms with E-state index >= 15 is 0 Å². The molecule has 0 fully saturated rings. The standard InChI is InChI=1S/C15H18N/c1-12-6-7-14(13(2)11-12)8-9-15-5-4-10-16(15)3/h4,6-11H,5H2,1-3H3/q+1. The minimum Gasteiger partial charge on any atom is -0.205 e. The predicted octanol–water partition coefficient (Wildman–Crippen LogP) is 3.32. The summed E-state index contributed by atoms with van der Waals surface area (Å²) in [6.45, 7) is 4.29. The summed E-state index contributed by atoms with van der Waals surface area (Å²) in [6, 6.07) is 6.57. The van der Waals surface area contributed by atoms with Crippen LogP contribution in [0.3, 0.4) is 0 Å². The van der Waals surface area contributed by atoms with Crippen molar-refractivity contribution in [1.82, 2.24) is 0 Å². The lowest BCUT2D eigenvalue weighted by Crippen LogP contribution is -2.03. The van der Waals surface area contributed by atoms with Crippen LogP contribution < -0.4 is 0 Å². The molecule has 82 valence electrons. The Morgan fingerprint density at radius 1 is 1.19 bits per heavy atom. The van der Waals surface area contributed by atoms with Crippen LogP contribution in [-0.2, 0) is 0 Å². The first-order chi connectivity index (χ1) is 7.66. The molecule has 1 aromatic carbocycles. The summed E-state index contributed by atoms with van der Waals surface area (Å²) >= 11 is 0. The summed E-state index contributed by atoms with van der Waals surface area (Å²) in [5, 5.41) is 0. The number of benzene rings is 1. The molecule has 0 spiro atoms. The van der Waals surface area contributed by atoms with E-state index in [4.69, 9.17) is 0 Å². The quantitative estimate of drug-likeness (QED) is 0.662. The molecule has 0 saturated carbocycles. The first-order valence-electron chi connectivity index (χ1n) is 5.67. The van der Waals surface area contributed by atoms with E-state index in [2.05, 4.69) is 68.1 Å². The van der Waals surface area contributed by atoms with Crippen molar-refractivity contribution >= 4 is 11.8 Å². The zero-order valence-electron chi connectivity index (χ0n) is 10.2. The first kappa shape index (κ1) is 10.9. The van der Waals surface area contributed by atoms with Crippen LogP contribution in [0.25, 0.3) is 6.08 Å². The van der Waals surface area contributed by atoms with Crippen LogP contribution in [0, 0.1) is 13.8 Å². The zero-order chi connectivity index (χ0) is 11.5. The molecule has 1 heteroatoms. The van der Waals surface area contributed by atoms with E-state index in [1.807, 2.05) is 0 Å². The Balaban J connectivity index is 2.21. The number of hydrogen-bond donors (Lipinski definition) is 0. The van der Waals surface area contributed by atoms with Crippen molar-refractivity contribution in [2.75, 3.05) is 7.05 Å². The average molecular weight is 212 g/mol. The van der Waals surface area contributed by atoms with Crippen molar-refractivity contribution in [3.8, 4) is 0 Å². The molecule has 0 radical (unpaired) electrons. The molecule has 0 bridgehead atoms. The first-order valence-corrected chi connectivity index (χ1v) is 5.67. The molecular formula is C15H18N+. The number of rotatable bonds is 2. The summed E-state index contributed by atoms with van der Waals surface area (Å²) < 4.78 is 2.17. The molecule has 1 aliphatic heterocycles. The molecule has 0 aromatic heterocycles. The molecule has 16 heavy (non-hydrogen) atoms. The minimum atomic E-state index is 1.04. The highest BCUT2D eigenvalue weighted by molar-refractivity contribution is 5.96. The van der Waals surface area contributed by atoms with Crippen LogP contribution in [0.2, 0.25) is 0 Å².